The van der Waals surface area contributed by atoms with Crippen molar-refractivity contribution in [1.29, 1.82) is 0 Å². The van der Waals surface area contributed by atoms with Crippen molar-refractivity contribution in [3.05, 3.63) is 41.2 Å². The van der Waals surface area contributed by atoms with Crippen molar-refractivity contribution in [2.75, 3.05) is 6.54 Å². The maximum absolute atomic E-state index is 12.0. The van der Waals surface area contributed by atoms with Crippen LogP contribution in [0.4, 0.5) is 0 Å². The summed E-state index contributed by atoms with van der Waals surface area (Å²) in [5, 5.41) is 10.5. The van der Waals surface area contributed by atoms with Gasteiger partial charge in [0.2, 0.25) is 0 Å². The van der Waals surface area contributed by atoms with Crippen molar-refractivity contribution < 1.29 is 9.53 Å². The Balaban J connectivity index is 1.60. The minimum absolute atomic E-state index is 0.220. The van der Waals surface area contributed by atoms with E-state index in [1.165, 1.54) is 5.56 Å². The minimum atomic E-state index is -0.242. The SMILES string of the molecule is CC1Cc2cc(CNC(=O)c3cn(CCN)nn3)ccc2O1. The molecule has 2 aromatic rings. The van der Waals surface area contributed by atoms with Crippen LogP contribution in [0.15, 0.2) is 24.4 Å². The lowest BCUT2D eigenvalue weighted by molar-refractivity contribution is 0.0946. The predicted octanol–water partition coefficient (Wildman–Crippen LogP) is 0.490. The normalized spacial score (nSPS) is 16.2. The summed E-state index contributed by atoms with van der Waals surface area (Å²) >= 11 is 0. The number of fused-ring (bicyclic) bond motifs is 1. The molecule has 22 heavy (non-hydrogen) atoms. The van der Waals surface area contributed by atoms with Crippen LogP contribution in [-0.4, -0.2) is 33.5 Å². The highest BCUT2D eigenvalue weighted by Crippen LogP contribution is 2.29. The lowest BCUT2D eigenvalue weighted by Crippen LogP contribution is -2.23. The van der Waals surface area contributed by atoms with Crippen LogP contribution in [0.2, 0.25) is 0 Å². The molecule has 1 aliphatic heterocycles. The zero-order chi connectivity index (χ0) is 15.5. The molecular formula is C15H19N5O2. The minimum Gasteiger partial charge on any atom is -0.490 e. The van der Waals surface area contributed by atoms with Gasteiger partial charge in [0.05, 0.1) is 12.7 Å². The zero-order valence-corrected chi connectivity index (χ0v) is 12.5. The number of carbonyl (C=O) groups is 1. The molecular weight excluding hydrogens is 282 g/mol. The van der Waals surface area contributed by atoms with Crippen LogP contribution in [-0.2, 0) is 19.5 Å². The van der Waals surface area contributed by atoms with Crippen LogP contribution in [0, 0.1) is 0 Å². The zero-order valence-electron chi connectivity index (χ0n) is 12.5. The number of hydrogen-bond donors (Lipinski definition) is 2. The maximum atomic E-state index is 12.0. The molecule has 1 unspecified atom stereocenters. The number of rotatable bonds is 5. The van der Waals surface area contributed by atoms with Crippen molar-refractivity contribution in [2.24, 2.45) is 5.73 Å². The van der Waals surface area contributed by atoms with Gasteiger partial charge in [-0.1, -0.05) is 17.3 Å². The van der Waals surface area contributed by atoms with Gasteiger partial charge in [-0.15, -0.1) is 5.10 Å². The second kappa shape index (κ2) is 6.15. The molecule has 7 nitrogen and oxygen atoms in total. The van der Waals surface area contributed by atoms with Crippen molar-refractivity contribution >= 4 is 5.91 Å². The second-order valence-corrected chi connectivity index (χ2v) is 5.41. The Morgan fingerprint density at radius 2 is 2.41 bits per heavy atom. The average Bonchev–Trinajstić information content (AvgIpc) is 3.10. The van der Waals surface area contributed by atoms with Gasteiger partial charge in [-0.25, -0.2) is 0 Å². The van der Waals surface area contributed by atoms with Gasteiger partial charge in [0, 0.05) is 19.5 Å². The molecule has 0 bridgehead atoms. The maximum Gasteiger partial charge on any atom is 0.273 e. The molecule has 116 valence electrons. The lowest BCUT2D eigenvalue weighted by atomic mass is 10.1. The van der Waals surface area contributed by atoms with Gasteiger partial charge >= 0.3 is 0 Å². The number of hydrogen-bond acceptors (Lipinski definition) is 5. The molecule has 7 heteroatoms. The fraction of sp³-hybridized carbons (Fsp3) is 0.400. The van der Waals surface area contributed by atoms with Crippen molar-refractivity contribution in [1.82, 2.24) is 20.3 Å². The molecule has 1 aliphatic rings. The molecule has 1 aromatic carbocycles. The molecule has 0 aliphatic carbocycles. The van der Waals surface area contributed by atoms with Crippen molar-refractivity contribution in [2.45, 2.75) is 32.5 Å². The molecule has 1 aromatic heterocycles. The number of nitrogens with two attached hydrogens (primary N) is 1. The van der Waals surface area contributed by atoms with E-state index in [1.807, 2.05) is 19.1 Å². The van der Waals surface area contributed by atoms with Crippen LogP contribution in [0.3, 0.4) is 0 Å². The Morgan fingerprint density at radius 1 is 1.55 bits per heavy atom. The van der Waals surface area contributed by atoms with Gasteiger partial charge in [0.25, 0.3) is 5.91 Å². The van der Waals surface area contributed by atoms with Gasteiger partial charge in [-0.3, -0.25) is 9.48 Å². The third kappa shape index (κ3) is 3.09. The summed E-state index contributed by atoms with van der Waals surface area (Å²) in [5.41, 5.74) is 7.96. The Labute approximate surface area is 128 Å². The summed E-state index contributed by atoms with van der Waals surface area (Å²) in [6.07, 6.45) is 2.72. The summed E-state index contributed by atoms with van der Waals surface area (Å²) in [6, 6.07) is 5.99. The van der Waals surface area contributed by atoms with Gasteiger partial charge in [-0.2, -0.15) is 0 Å². The number of carbonyl (C=O) groups excluding carboxylic acids is 1. The number of ether oxygens (including phenoxy) is 1. The number of nitrogens with zero attached hydrogens (tertiary/aromatic N) is 3. The predicted molar refractivity (Wildman–Crippen MR) is 80.5 cm³/mol. The topological polar surface area (TPSA) is 95.1 Å². The molecule has 1 atom stereocenters. The van der Waals surface area contributed by atoms with Crippen LogP contribution >= 0.6 is 0 Å². The quantitative estimate of drug-likeness (QED) is 0.838. The molecule has 0 saturated heterocycles. The van der Waals surface area contributed by atoms with Gasteiger partial charge < -0.3 is 15.8 Å². The number of benzene rings is 1. The van der Waals surface area contributed by atoms with Gasteiger partial charge in [0.1, 0.15) is 11.9 Å². The highest BCUT2D eigenvalue weighted by atomic mass is 16.5. The van der Waals surface area contributed by atoms with Gasteiger partial charge in [-0.05, 0) is 24.1 Å². The standard InChI is InChI=1S/C15H19N5O2/c1-10-6-12-7-11(2-3-14(12)22-10)8-17-15(21)13-9-20(5-4-16)19-18-13/h2-3,7,9-10H,4-6,8,16H2,1H3,(H,17,21). The third-order valence-corrected chi connectivity index (χ3v) is 3.54. The molecule has 1 amide bonds. The highest BCUT2D eigenvalue weighted by molar-refractivity contribution is 5.91. The van der Waals surface area contributed by atoms with Crippen LogP contribution < -0.4 is 15.8 Å². The van der Waals surface area contributed by atoms with Crippen LogP contribution in [0.5, 0.6) is 5.75 Å². The van der Waals surface area contributed by atoms with E-state index in [0.717, 1.165) is 17.7 Å². The summed E-state index contributed by atoms with van der Waals surface area (Å²) in [7, 11) is 0. The molecule has 0 spiro atoms. The largest absolute Gasteiger partial charge is 0.490 e. The van der Waals surface area contributed by atoms with Crippen molar-refractivity contribution in [3.8, 4) is 5.75 Å². The Hall–Kier alpha value is -2.41. The average molecular weight is 301 g/mol. The van der Waals surface area contributed by atoms with Gasteiger partial charge in [0.15, 0.2) is 5.69 Å². The van der Waals surface area contributed by atoms with E-state index in [4.69, 9.17) is 10.5 Å². The van der Waals surface area contributed by atoms with E-state index in [-0.39, 0.29) is 12.0 Å². The molecule has 0 fully saturated rings. The monoisotopic (exact) mass is 301 g/mol. The molecule has 3 N–H and O–H groups in total. The fourth-order valence-electron chi connectivity index (χ4n) is 2.50. The van der Waals surface area contributed by atoms with Crippen LogP contribution in [0.1, 0.15) is 28.5 Å². The Morgan fingerprint density at radius 3 is 3.23 bits per heavy atom. The summed E-state index contributed by atoms with van der Waals surface area (Å²) in [5.74, 6) is 0.695. The summed E-state index contributed by atoms with van der Waals surface area (Å²) in [6.45, 7) is 3.50. The highest BCUT2D eigenvalue weighted by Gasteiger charge is 2.19. The number of aromatic nitrogens is 3. The Kier molecular flexibility index (Phi) is 4.06. The van der Waals surface area contributed by atoms with E-state index in [2.05, 4.69) is 21.7 Å². The first-order chi connectivity index (χ1) is 10.7. The van der Waals surface area contributed by atoms with E-state index in [9.17, 15) is 4.79 Å². The first-order valence-electron chi connectivity index (χ1n) is 7.32. The smallest absolute Gasteiger partial charge is 0.273 e. The number of nitrogens with one attached hydrogen (secondary N) is 1. The third-order valence-electron chi connectivity index (χ3n) is 3.54. The first kappa shape index (κ1) is 14.5. The molecule has 0 saturated carbocycles. The molecule has 2 heterocycles. The summed E-state index contributed by atoms with van der Waals surface area (Å²) < 4.78 is 7.22. The molecule has 0 radical (unpaired) electrons. The van der Waals surface area contributed by atoms with E-state index < -0.39 is 0 Å². The fourth-order valence-corrected chi connectivity index (χ4v) is 2.50. The lowest BCUT2D eigenvalue weighted by Gasteiger charge is -2.05. The van der Waals surface area contributed by atoms with Crippen molar-refractivity contribution in [3.63, 3.8) is 0 Å². The second-order valence-electron chi connectivity index (χ2n) is 5.41. The molecule has 3 rings (SSSR count). The first-order valence-corrected chi connectivity index (χ1v) is 7.32. The summed E-state index contributed by atoms with van der Waals surface area (Å²) in [4.78, 5) is 12.0. The van der Waals surface area contributed by atoms with E-state index in [0.29, 0.717) is 25.3 Å². The van der Waals surface area contributed by atoms with Crippen LogP contribution in [0.25, 0.3) is 0 Å². The van der Waals surface area contributed by atoms with E-state index >= 15 is 0 Å². The van der Waals surface area contributed by atoms with E-state index in [1.54, 1.807) is 10.9 Å². The Bertz CT molecular complexity index is 682. The number of amides is 1.